The molecule has 11 atom stereocenters. The maximum atomic E-state index is 13.6. The Kier molecular flexibility index (Phi) is 52.8. The lowest BCUT2D eigenvalue weighted by molar-refractivity contribution is -0.294. The van der Waals surface area contributed by atoms with Crippen LogP contribution in [0.15, 0.2) is 42.5 Å². The molecule has 0 unspecified atom stereocenters. The van der Waals surface area contributed by atoms with Crippen LogP contribution in [0.1, 0.15) is 82.5 Å². The molecule has 16 N–H and O–H groups in total. The molecule has 0 radical (unpaired) electrons. The number of carbonyl (C=O) groups is 8. The molecule has 0 aromatic heterocycles. The maximum Gasteiger partial charge on any atom is 0.258 e. The second-order valence-corrected chi connectivity index (χ2v) is 25.6. The maximum absolute atomic E-state index is 13.6. The summed E-state index contributed by atoms with van der Waals surface area (Å²) in [4.78, 5) is 100. The number of hydrogen-bond acceptors (Lipinski definition) is 32. The van der Waals surface area contributed by atoms with Gasteiger partial charge in [0.1, 0.15) is 53.9 Å². The number of ether oxygens (including phenoxy) is 16. The van der Waals surface area contributed by atoms with Crippen LogP contribution < -0.4 is 58.0 Å². The summed E-state index contributed by atoms with van der Waals surface area (Å²) in [5, 5.41) is 75.7. The summed E-state index contributed by atoms with van der Waals surface area (Å²) in [6, 6.07) is 11.0. The fraction of sp³-hybridized carbons (Fsp3) is 0.726. The highest BCUT2D eigenvalue weighted by atomic mass is 16.7. The van der Waals surface area contributed by atoms with Crippen molar-refractivity contribution in [1.29, 1.82) is 0 Å². The smallest absolute Gasteiger partial charge is 0.258 e. The molecule has 2 aliphatic rings. The van der Waals surface area contributed by atoms with Crippen molar-refractivity contribution in [2.75, 3.05) is 204 Å². The summed E-state index contributed by atoms with van der Waals surface area (Å²) in [7, 11) is 0. The molecule has 2 saturated heterocycles. The molecule has 112 heavy (non-hydrogen) atoms. The first-order valence-electron chi connectivity index (χ1n) is 37.9. The van der Waals surface area contributed by atoms with Gasteiger partial charge in [0.15, 0.2) is 25.8 Å². The van der Waals surface area contributed by atoms with Gasteiger partial charge in [-0.05, 0) is 88.0 Å². The summed E-state index contributed by atoms with van der Waals surface area (Å²) < 4.78 is 88.1. The van der Waals surface area contributed by atoms with Crippen LogP contribution in [0.3, 0.4) is 0 Å². The first-order valence-corrected chi connectivity index (χ1v) is 37.9. The van der Waals surface area contributed by atoms with Crippen molar-refractivity contribution in [3.05, 3.63) is 48.0 Å². The summed E-state index contributed by atoms with van der Waals surface area (Å²) >= 11 is 0. The van der Waals surface area contributed by atoms with Gasteiger partial charge in [0.25, 0.3) is 17.7 Å². The Hall–Kier alpha value is -6.88. The normalized spacial score (nSPS) is 19.8. The molecule has 638 valence electrons. The number of benzene rings is 2. The molecule has 4 rings (SSSR count). The van der Waals surface area contributed by atoms with Crippen LogP contribution in [0.25, 0.3) is 11.1 Å². The molecule has 7 amide bonds. The number of nitrogens with two attached hydrogens (primary N) is 1. The van der Waals surface area contributed by atoms with Gasteiger partial charge in [0.2, 0.25) is 23.6 Å². The minimum absolute atomic E-state index is 0.0376. The lowest BCUT2D eigenvalue weighted by atomic mass is 10.0. The van der Waals surface area contributed by atoms with Crippen LogP contribution in [0, 0.1) is 0 Å². The van der Waals surface area contributed by atoms with E-state index in [-0.39, 0.29) is 224 Å². The van der Waals surface area contributed by atoms with Gasteiger partial charge in [-0.1, -0.05) is 18.6 Å². The molecule has 39 heteroatoms. The van der Waals surface area contributed by atoms with Crippen molar-refractivity contribution in [2.24, 2.45) is 5.73 Å². The Morgan fingerprint density at radius 3 is 1.22 bits per heavy atom. The van der Waals surface area contributed by atoms with Crippen molar-refractivity contribution in [3.63, 3.8) is 0 Å². The van der Waals surface area contributed by atoms with Crippen LogP contribution >= 0.6 is 0 Å². The van der Waals surface area contributed by atoms with E-state index in [1.54, 1.807) is 50.2 Å². The Morgan fingerprint density at radius 1 is 0.393 bits per heavy atom. The minimum Gasteiger partial charge on any atom is -0.484 e. The molecule has 2 fully saturated rings. The van der Waals surface area contributed by atoms with Gasteiger partial charge in [-0.2, -0.15) is 0 Å². The zero-order valence-corrected chi connectivity index (χ0v) is 64.5. The predicted octanol–water partition coefficient (Wildman–Crippen LogP) is -4.07. The molecule has 0 saturated carbocycles. The lowest BCUT2D eigenvalue weighted by Gasteiger charge is -2.38. The van der Waals surface area contributed by atoms with Crippen molar-refractivity contribution in [2.45, 2.75) is 140 Å². The number of aliphatic hydroxyl groups is 6. The number of hydrogen-bond donors (Lipinski definition) is 15. The third-order valence-corrected chi connectivity index (χ3v) is 16.5. The first-order chi connectivity index (χ1) is 54.2. The van der Waals surface area contributed by atoms with Crippen LogP contribution in [0.5, 0.6) is 11.5 Å². The van der Waals surface area contributed by atoms with E-state index < -0.39 is 85.9 Å². The number of carbonyl (C=O) groups excluding carboxylic acids is 8. The topological polar surface area (TPSA) is 528 Å². The van der Waals surface area contributed by atoms with Crippen molar-refractivity contribution >= 4 is 47.1 Å². The monoisotopic (exact) mass is 1600 g/mol. The fourth-order valence-corrected chi connectivity index (χ4v) is 10.2. The average Bonchev–Trinajstić information content (AvgIpc) is 0.850. The van der Waals surface area contributed by atoms with E-state index in [0.29, 0.717) is 76.1 Å². The zero-order chi connectivity index (χ0) is 81.4. The molecular formula is C73H121N9O30. The molecule has 0 aliphatic carbocycles. The number of rotatable bonds is 66. The average molecular weight is 1600 g/mol. The third kappa shape index (κ3) is 44.1. The number of aliphatic hydroxyl groups excluding tert-OH is 6. The fourth-order valence-electron chi connectivity index (χ4n) is 10.2. The van der Waals surface area contributed by atoms with Gasteiger partial charge in [0, 0.05) is 70.5 Å². The second kappa shape index (κ2) is 60.6. The van der Waals surface area contributed by atoms with Gasteiger partial charge in [-0.3, -0.25) is 43.8 Å². The zero-order valence-electron chi connectivity index (χ0n) is 64.5. The first kappa shape index (κ1) is 97.5. The Morgan fingerprint density at radius 2 is 0.777 bits per heavy atom. The largest absolute Gasteiger partial charge is 0.484 e. The number of nitrogens with one attached hydrogen (secondary N) is 8. The number of hydrazine groups is 1. The van der Waals surface area contributed by atoms with Crippen molar-refractivity contribution in [1.82, 2.24) is 42.8 Å². The SMILES string of the molecule is CC(=O)[C@H](CCCCN)NNC(=O)CCCC(=O)NCCNC(=O)c1cc(OCC(=O)NCCOCCOCCOCCOCCC(=O)NCCOCCO[C@@H]2O[C@@H](C)[C@H](O)[C@@H](O)[C@H]2O)cc(-c2ccc(OCC(=O)NCCOCCOCCOCCOCCC(=O)NCCOCCO[C@@H]3O[C@@H](C)[C@H](O)[C@@H](O)[C@H]3O)cc2)c1. The van der Waals surface area contributed by atoms with E-state index in [2.05, 4.69) is 42.8 Å². The standard InChI is InChI=1S/C73H121N9O30/c1-50(83)58(7-4-5-16-74)81-82-62(87)9-6-8-59(84)75-17-18-80-71(96)55-45-54(46-57(47-55)110-49-64(89)79-22-28-100-32-36-106-40-38-104-34-30-98-24-15-61(86)77-20-26-102-42-44-108-73-70(95)68(93)66(91)52(3)112-73)53-10-12-56(13-11-53)109-48-63(88)78-21-27-99-31-35-105-39-37-103-33-29-97-23-14-60(85)76-19-25-101-41-43-107-72-69(94)67(92)65(90)51(2)111-72/h10-13,45-47,51-52,58,65-70,72-73,81,90-95H,4-9,14-44,48-49,74H2,1-3H3,(H,75,84)(H,76,85)(H,77,86)(H,78,88)(H,79,89)(H,80,96)(H,82,87)/t51-,52-,58-,65-,66-,67+,68+,69+,70+,72+,73+/m0/s1. The third-order valence-electron chi connectivity index (χ3n) is 16.5. The quantitative estimate of drug-likeness (QED) is 0.0221. The van der Waals surface area contributed by atoms with Gasteiger partial charge in [-0.25, -0.2) is 5.43 Å². The van der Waals surface area contributed by atoms with Crippen LogP contribution in [-0.2, 0) is 99.9 Å². The summed E-state index contributed by atoms with van der Waals surface area (Å²) in [5.74, 6) is -2.00. The Bertz CT molecular complexity index is 2940. The minimum atomic E-state index is -1.40. The Labute approximate surface area is 652 Å². The highest BCUT2D eigenvalue weighted by Gasteiger charge is 2.43. The van der Waals surface area contributed by atoms with Crippen LogP contribution in [0.2, 0.25) is 0 Å². The molecule has 2 aromatic carbocycles. The highest BCUT2D eigenvalue weighted by molar-refractivity contribution is 5.96. The molecular weight excluding hydrogens is 1480 g/mol. The molecule has 2 aromatic rings. The van der Waals surface area contributed by atoms with Gasteiger partial charge < -0.3 is 144 Å². The lowest BCUT2D eigenvalue weighted by Crippen LogP contribution is -2.57. The Balaban J connectivity index is 1.06. The molecule has 0 bridgehead atoms. The molecule has 0 spiro atoms. The van der Waals surface area contributed by atoms with Crippen LogP contribution in [0.4, 0.5) is 0 Å². The van der Waals surface area contributed by atoms with Gasteiger partial charge >= 0.3 is 0 Å². The predicted molar refractivity (Wildman–Crippen MR) is 397 cm³/mol. The molecule has 2 aliphatic heterocycles. The summed E-state index contributed by atoms with van der Waals surface area (Å²) in [6.07, 6.45) is -9.00. The highest BCUT2D eigenvalue weighted by Crippen LogP contribution is 2.29. The van der Waals surface area contributed by atoms with E-state index >= 15 is 0 Å². The molecule has 2 heterocycles. The number of unbranched alkanes of at least 4 members (excludes halogenated alkanes) is 1. The summed E-state index contributed by atoms with van der Waals surface area (Å²) in [5.41, 5.74) is 12.2. The molecule has 39 nitrogen and oxygen atoms in total. The van der Waals surface area contributed by atoms with Gasteiger partial charge in [0.05, 0.1) is 164 Å². The van der Waals surface area contributed by atoms with E-state index in [0.717, 1.165) is 12.8 Å². The number of ketones is 1. The van der Waals surface area contributed by atoms with E-state index in [9.17, 15) is 69.0 Å². The van der Waals surface area contributed by atoms with Crippen molar-refractivity contribution in [3.8, 4) is 22.6 Å². The number of Topliss-reactive ketones (excluding diaryl/α,β-unsaturated/α-hetero) is 1. The second-order valence-electron chi connectivity index (χ2n) is 25.6. The summed E-state index contributed by atoms with van der Waals surface area (Å²) in [6.45, 7) is 10.7. The van der Waals surface area contributed by atoms with Crippen LogP contribution in [-0.4, -0.2) is 350 Å². The van der Waals surface area contributed by atoms with E-state index in [1.807, 2.05) is 0 Å². The number of amides is 7. The van der Waals surface area contributed by atoms with Gasteiger partial charge in [-0.15, -0.1) is 0 Å². The van der Waals surface area contributed by atoms with E-state index in [1.165, 1.54) is 13.0 Å². The van der Waals surface area contributed by atoms with Crippen molar-refractivity contribution < 1.29 is 145 Å². The van der Waals surface area contributed by atoms with E-state index in [4.69, 9.17) is 81.5 Å².